The highest BCUT2D eigenvalue weighted by molar-refractivity contribution is 7.92. The second-order valence-electron chi connectivity index (χ2n) is 6.55. The number of amides is 1. The van der Waals surface area contributed by atoms with E-state index < -0.39 is 10.0 Å². The highest BCUT2D eigenvalue weighted by Gasteiger charge is 2.23. The van der Waals surface area contributed by atoms with Gasteiger partial charge in [-0.3, -0.25) is 9.52 Å². The van der Waals surface area contributed by atoms with Crippen molar-refractivity contribution in [2.75, 3.05) is 17.8 Å². The molecule has 0 spiro atoms. The van der Waals surface area contributed by atoms with Crippen molar-refractivity contribution in [3.05, 3.63) is 60.2 Å². The summed E-state index contributed by atoms with van der Waals surface area (Å²) in [6, 6.07) is 14.7. The molecule has 2 unspecified atom stereocenters. The van der Waals surface area contributed by atoms with Crippen LogP contribution < -0.4 is 15.4 Å². The van der Waals surface area contributed by atoms with Crippen molar-refractivity contribution in [1.82, 2.24) is 10.6 Å². The first kappa shape index (κ1) is 21.2. The van der Waals surface area contributed by atoms with E-state index >= 15 is 0 Å². The normalized spacial score (nSPS) is 19.6. The molecule has 0 aliphatic carbocycles. The molecule has 8 heteroatoms. The smallest absolute Gasteiger partial charge is 0.261 e. The van der Waals surface area contributed by atoms with Crippen molar-refractivity contribution in [3.63, 3.8) is 0 Å². The Kier molecular flexibility index (Phi) is 7.24. The Morgan fingerprint density at radius 3 is 2.37 bits per heavy atom. The maximum Gasteiger partial charge on any atom is 0.261 e. The van der Waals surface area contributed by atoms with Crippen LogP contribution in [0.2, 0.25) is 0 Å². The lowest BCUT2D eigenvalue weighted by Gasteiger charge is -2.30. The van der Waals surface area contributed by atoms with E-state index in [0.29, 0.717) is 17.2 Å². The summed E-state index contributed by atoms with van der Waals surface area (Å²) in [6.07, 6.45) is 1.03. The third kappa shape index (κ3) is 5.45. The zero-order valence-corrected chi connectivity index (χ0v) is 16.6. The van der Waals surface area contributed by atoms with Crippen LogP contribution in [0.4, 0.5) is 5.69 Å². The zero-order valence-electron chi connectivity index (χ0n) is 15.0. The lowest BCUT2D eigenvalue weighted by Crippen LogP contribution is -2.50. The number of sulfonamides is 1. The topological polar surface area (TPSA) is 87.3 Å². The Balaban J connectivity index is 0.00000261. The number of nitrogens with one attached hydrogen (secondary N) is 3. The number of rotatable bonds is 5. The number of carbonyl (C=O) groups excluding carboxylic acids is 1. The largest absolute Gasteiger partial charge is 0.348 e. The molecule has 1 fully saturated rings. The van der Waals surface area contributed by atoms with Crippen molar-refractivity contribution in [3.8, 4) is 0 Å². The maximum atomic E-state index is 12.4. The Bertz CT molecular complexity index is 858. The molecule has 2 atom stereocenters. The molecule has 0 aromatic heterocycles. The molecule has 0 saturated carbocycles. The van der Waals surface area contributed by atoms with Crippen LogP contribution in [0.3, 0.4) is 0 Å². The average molecular weight is 410 g/mol. The summed E-state index contributed by atoms with van der Waals surface area (Å²) in [5.41, 5.74) is 0.920. The quantitative estimate of drug-likeness (QED) is 0.708. The third-order valence-corrected chi connectivity index (χ3v) is 5.99. The minimum atomic E-state index is -3.64. The number of hydrogen-bond acceptors (Lipinski definition) is 4. The predicted molar refractivity (Wildman–Crippen MR) is 109 cm³/mol. The Morgan fingerprint density at radius 1 is 1.07 bits per heavy atom. The summed E-state index contributed by atoms with van der Waals surface area (Å²) in [5, 5.41) is 6.32. The Hall–Kier alpha value is -2.09. The first-order chi connectivity index (χ1) is 12.5. The van der Waals surface area contributed by atoms with E-state index in [-0.39, 0.29) is 29.3 Å². The molecule has 1 aliphatic heterocycles. The van der Waals surface area contributed by atoms with Crippen molar-refractivity contribution in [2.45, 2.75) is 24.3 Å². The number of hydrogen-bond donors (Lipinski definition) is 3. The van der Waals surface area contributed by atoms with Gasteiger partial charge in [0.25, 0.3) is 15.9 Å². The number of piperidine rings is 1. The molecule has 3 N–H and O–H groups in total. The molecule has 3 rings (SSSR count). The van der Waals surface area contributed by atoms with Crippen molar-refractivity contribution < 1.29 is 13.2 Å². The number of anilines is 1. The van der Waals surface area contributed by atoms with Gasteiger partial charge < -0.3 is 10.6 Å². The van der Waals surface area contributed by atoms with Gasteiger partial charge in [-0.05, 0) is 55.3 Å². The predicted octanol–water partition coefficient (Wildman–Crippen LogP) is 2.64. The molecular weight excluding hydrogens is 386 g/mol. The molecule has 2 aromatic carbocycles. The lowest BCUT2D eigenvalue weighted by atomic mass is 9.94. The number of halogens is 1. The fraction of sp³-hybridized carbons (Fsp3) is 0.316. The van der Waals surface area contributed by atoms with Gasteiger partial charge in [0.1, 0.15) is 0 Å². The summed E-state index contributed by atoms with van der Waals surface area (Å²) >= 11 is 0. The van der Waals surface area contributed by atoms with Gasteiger partial charge in [-0.15, -0.1) is 12.4 Å². The highest BCUT2D eigenvalue weighted by Crippen LogP contribution is 2.17. The van der Waals surface area contributed by atoms with Gasteiger partial charge in [-0.1, -0.05) is 25.1 Å². The molecule has 1 heterocycles. The van der Waals surface area contributed by atoms with Crippen LogP contribution in [0.25, 0.3) is 0 Å². The average Bonchev–Trinajstić information content (AvgIpc) is 2.64. The van der Waals surface area contributed by atoms with Crippen molar-refractivity contribution >= 4 is 34.0 Å². The number of carbonyl (C=O) groups is 1. The fourth-order valence-corrected chi connectivity index (χ4v) is 4.02. The Labute approximate surface area is 166 Å². The van der Waals surface area contributed by atoms with Crippen LogP contribution in [0.1, 0.15) is 23.7 Å². The summed E-state index contributed by atoms with van der Waals surface area (Å²) < 4.78 is 27.2. The van der Waals surface area contributed by atoms with Crippen LogP contribution in [-0.2, 0) is 10.0 Å². The van der Waals surface area contributed by atoms with Crippen LogP contribution in [0.15, 0.2) is 59.5 Å². The van der Waals surface area contributed by atoms with Crippen LogP contribution in [-0.4, -0.2) is 33.5 Å². The van der Waals surface area contributed by atoms with E-state index in [0.717, 1.165) is 19.5 Å². The molecule has 1 aliphatic rings. The van der Waals surface area contributed by atoms with E-state index in [1.165, 1.54) is 12.1 Å². The van der Waals surface area contributed by atoms with Gasteiger partial charge in [0.05, 0.1) is 4.90 Å². The standard InChI is InChI=1S/C19H23N3O3S.ClH/c1-14-11-12-20-13-18(14)21-19(23)15-7-9-16(10-8-15)22-26(24,25)17-5-3-2-4-6-17;/h2-10,14,18,20,22H,11-13H2,1H3,(H,21,23);1H. The maximum absolute atomic E-state index is 12.4. The minimum absolute atomic E-state index is 0. The van der Waals surface area contributed by atoms with E-state index in [4.69, 9.17) is 0 Å². The third-order valence-electron chi connectivity index (χ3n) is 4.60. The summed E-state index contributed by atoms with van der Waals surface area (Å²) in [5.74, 6) is 0.278. The molecule has 27 heavy (non-hydrogen) atoms. The van der Waals surface area contributed by atoms with Crippen molar-refractivity contribution in [2.24, 2.45) is 5.92 Å². The minimum Gasteiger partial charge on any atom is -0.348 e. The molecule has 0 bridgehead atoms. The van der Waals surface area contributed by atoms with Gasteiger partial charge in [-0.2, -0.15) is 0 Å². The second kappa shape index (κ2) is 9.21. The molecular formula is C19H24ClN3O3S. The summed E-state index contributed by atoms with van der Waals surface area (Å²) in [4.78, 5) is 12.6. The number of benzene rings is 2. The van der Waals surface area contributed by atoms with Crippen molar-refractivity contribution in [1.29, 1.82) is 0 Å². The second-order valence-corrected chi connectivity index (χ2v) is 8.23. The van der Waals surface area contributed by atoms with Crippen LogP contribution in [0, 0.1) is 5.92 Å². The highest BCUT2D eigenvalue weighted by atomic mass is 35.5. The first-order valence-corrected chi connectivity index (χ1v) is 10.1. The van der Waals surface area contributed by atoms with E-state index in [9.17, 15) is 13.2 Å². The summed E-state index contributed by atoms with van der Waals surface area (Å²) in [7, 11) is -3.64. The van der Waals surface area contributed by atoms with Crippen LogP contribution in [0.5, 0.6) is 0 Å². The van der Waals surface area contributed by atoms with Gasteiger partial charge in [0.15, 0.2) is 0 Å². The SMILES string of the molecule is CC1CCNCC1NC(=O)c1ccc(NS(=O)(=O)c2ccccc2)cc1.Cl. The molecule has 6 nitrogen and oxygen atoms in total. The zero-order chi connectivity index (χ0) is 18.6. The van der Waals surface area contributed by atoms with E-state index in [2.05, 4.69) is 22.3 Å². The van der Waals surface area contributed by atoms with E-state index in [1.54, 1.807) is 42.5 Å². The molecule has 146 valence electrons. The van der Waals surface area contributed by atoms with Gasteiger partial charge in [0, 0.05) is 23.8 Å². The monoisotopic (exact) mass is 409 g/mol. The molecule has 2 aromatic rings. The Morgan fingerprint density at radius 2 is 1.74 bits per heavy atom. The van der Waals surface area contributed by atoms with Gasteiger partial charge >= 0.3 is 0 Å². The van der Waals surface area contributed by atoms with Gasteiger partial charge in [0.2, 0.25) is 0 Å². The van der Waals surface area contributed by atoms with E-state index in [1.807, 2.05) is 0 Å². The summed E-state index contributed by atoms with van der Waals surface area (Å²) in [6.45, 7) is 3.87. The van der Waals surface area contributed by atoms with Gasteiger partial charge in [-0.25, -0.2) is 8.42 Å². The molecule has 0 radical (unpaired) electrons. The fourth-order valence-electron chi connectivity index (χ4n) is 2.94. The molecule has 1 saturated heterocycles. The van der Waals surface area contributed by atoms with Crippen LogP contribution >= 0.6 is 12.4 Å². The lowest BCUT2D eigenvalue weighted by molar-refractivity contribution is 0.0915. The molecule has 1 amide bonds. The first-order valence-electron chi connectivity index (χ1n) is 8.65.